The average molecular weight is 477 g/mol. The number of halogens is 3. The van der Waals surface area contributed by atoms with E-state index in [0.29, 0.717) is 24.3 Å². The molecule has 1 aliphatic heterocycles. The number of para-hydroxylation sites is 1. The molecule has 0 saturated carbocycles. The third kappa shape index (κ3) is 4.54. The van der Waals surface area contributed by atoms with Gasteiger partial charge in [-0.1, -0.05) is 48.5 Å². The largest absolute Gasteiger partial charge is 0.331 e. The molecule has 35 heavy (non-hydrogen) atoms. The van der Waals surface area contributed by atoms with Gasteiger partial charge in [0.05, 0.1) is 12.2 Å². The Hall–Kier alpha value is -3.98. The van der Waals surface area contributed by atoms with Crippen LogP contribution in [0, 0.1) is 17.5 Å². The van der Waals surface area contributed by atoms with Crippen LogP contribution in [-0.2, 0) is 24.3 Å². The van der Waals surface area contributed by atoms with Gasteiger partial charge in [-0.3, -0.25) is 9.36 Å². The van der Waals surface area contributed by atoms with Crippen LogP contribution in [-0.4, -0.2) is 31.6 Å². The lowest BCUT2D eigenvalue weighted by molar-refractivity contribution is -0.132. The molecule has 0 spiro atoms. The number of benzene rings is 3. The van der Waals surface area contributed by atoms with Crippen LogP contribution in [0.25, 0.3) is 17.1 Å². The van der Waals surface area contributed by atoms with Crippen LogP contribution < -0.4 is 5.73 Å². The number of hydrogen-bond acceptors (Lipinski definition) is 4. The van der Waals surface area contributed by atoms with Crippen LogP contribution in [0.1, 0.15) is 23.4 Å². The SMILES string of the molecule is N[C@@H](CC(=O)N1Cc2ccccc2-n2c(nnc2-c2ccccc2)C1)Cc1cc(F)c(F)cc1F. The molecule has 1 atom stereocenters. The van der Waals surface area contributed by atoms with E-state index in [1.54, 1.807) is 4.90 Å². The summed E-state index contributed by atoms with van der Waals surface area (Å²) >= 11 is 0. The van der Waals surface area contributed by atoms with Gasteiger partial charge in [0.1, 0.15) is 5.82 Å². The van der Waals surface area contributed by atoms with E-state index in [1.165, 1.54) is 0 Å². The summed E-state index contributed by atoms with van der Waals surface area (Å²) in [5, 5.41) is 8.75. The first kappa shape index (κ1) is 22.8. The first-order valence-electron chi connectivity index (χ1n) is 11.2. The lowest BCUT2D eigenvalue weighted by Gasteiger charge is -2.22. The van der Waals surface area contributed by atoms with Gasteiger partial charge >= 0.3 is 0 Å². The smallest absolute Gasteiger partial charge is 0.224 e. The summed E-state index contributed by atoms with van der Waals surface area (Å²) in [7, 11) is 0. The molecule has 1 aromatic heterocycles. The number of carbonyl (C=O) groups excluding carboxylic acids is 1. The second-order valence-electron chi connectivity index (χ2n) is 8.55. The van der Waals surface area contributed by atoms with Crippen LogP contribution in [0.4, 0.5) is 13.2 Å². The van der Waals surface area contributed by atoms with Crippen molar-refractivity contribution < 1.29 is 18.0 Å². The summed E-state index contributed by atoms with van der Waals surface area (Å²) in [5.41, 5.74) is 8.74. The molecule has 178 valence electrons. The van der Waals surface area contributed by atoms with Crippen LogP contribution in [0.3, 0.4) is 0 Å². The van der Waals surface area contributed by atoms with Crippen molar-refractivity contribution in [3.63, 3.8) is 0 Å². The van der Waals surface area contributed by atoms with Crippen molar-refractivity contribution in [2.45, 2.75) is 32.0 Å². The summed E-state index contributed by atoms with van der Waals surface area (Å²) < 4.78 is 42.7. The molecule has 0 saturated heterocycles. The van der Waals surface area contributed by atoms with Crippen LogP contribution >= 0.6 is 0 Å². The molecule has 0 fully saturated rings. The van der Waals surface area contributed by atoms with Crippen molar-refractivity contribution >= 4 is 5.91 Å². The van der Waals surface area contributed by atoms with Gasteiger partial charge in [0.25, 0.3) is 0 Å². The Morgan fingerprint density at radius 1 is 0.914 bits per heavy atom. The van der Waals surface area contributed by atoms with E-state index in [1.807, 2.05) is 59.2 Å². The summed E-state index contributed by atoms with van der Waals surface area (Å²) in [6.45, 7) is 0.540. The van der Waals surface area contributed by atoms with E-state index in [-0.39, 0.29) is 30.9 Å². The topological polar surface area (TPSA) is 77.0 Å². The molecule has 0 unspecified atom stereocenters. The number of aromatic nitrogens is 3. The lowest BCUT2D eigenvalue weighted by atomic mass is 10.0. The minimum Gasteiger partial charge on any atom is -0.331 e. The minimum atomic E-state index is -1.27. The monoisotopic (exact) mass is 477 g/mol. The molecule has 0 radical (unpaired) electrons. The molecule has 2 N–H and O–H groups in total. The average Bonchev–Trinajstić information content (AvgIpc) is 3.18. The summed E-state index contributed by atoms with van der Waals surface area (Å²) in [6, 6.07) is 17.9. The highest BCUT2D eigenvalue weighted by Crippen LogP contribution is 2.29. The predicted octanol–water partition coefficient (Wildman–Crippen LogP) is 4.15. The maximum absolute atomic E-state index is 14.0. The molecule has 9 heteroatoms. The van der Waals surface area contributed by atoms with Crippen LogP contribution in [0.15, 0.2) is 66.7 Å². The molecule has 1 aliphatic rings. The molecule has 6 nitrogen and oxygen atoms in total. The second-order valence-corrected chi connectivity index (χ2v) is 8.55. The van der Waals surface area contributed by atoms with Gasteiger partial charge in [0, 0.05) is 30.6 Å². The van der Waals surface area contributed by atoms with E-state index in [9.17, 15) is 18.0 Å². The highest BCUT2D eigenvalue weighted by atomic mass is 19.2. The van der Waals surface area contributed by atoms with Crippen molar-refractivity contribution in [3.05, 3.63) is 101 Å². The van der Waals surface area contributed by atoms with Crippen molar-refractivity contribution in [2.75, 3.05) is 0 Å². The van der Waals surface area contributed by atoms with Crippen molar-refractivity contribution in [1.29, 1.82) is 0 Å². The second kappa shape index (κ2) is 9.34. The number of hydrogen-bond donors (Lipinski definition) is 1. The van der Waals surface area contributed by atoms with Crippen molar-refractivity contribution in [1.82, 2.24) is 19.7 Å². The van der Waals surface area contributed by atoms with Gasteiger partial charge in [-0.25, -0.2) is 13.2 Å². The van der Waals surface area contributed by atoms with E-state index in [0.717, 1.165) is 22.9 Å². The van der Waals surface area contributed by atoms with Gasteiger partial charge in [-0.05, 0) is 29.7 Å². The minimum absolute atomic E-state index is 0.0716. The first-order chi connectivity index (χ1) is 16.9. The molecule has 5 rings (SSSR count). The fourth-order valence-corrected chi connectivity index (χ4v) is 4.35. The first-order valence-corrected chi connectivity index (χ1v) is 11.2. The zero-order chi connectivity index (χ0) is 24.5. The zero-order valence-corrected chi connectivity index (χ0v) is 18.7. The zero-order valence-electron chi connectivity index (χ0n) is 18.7. The third-order valence-electron chi connectivity index (χ3n) is 6.05. The number of amides is 1. The molecule has 4 aromatic rings. The molecule has 1 amide bonds. The standard InChI is InChI=1S/C26H22F3N5O/c27-20-13-22(29)21(28)11-18(20)10-19(30)12-25(35)33-14-17-8-4-5-9-23(17)34-24(15-33)31-32-26(34)16-6-2-1-3-7-16/h1-9,11,13,19H,10,12,14-15,30H2/t19-/m1/s1. The normalized spacial score (nSPS) is 13.7. The van der Waals surface area contributed by atoms with E-state index in [4.69, 9.17) is 5.73 Å². The number of nitrogens with zero attached hydrogens (tertiary/aromatic N) is 4. The fourth-order valence-electron chi connectivity index (χ4n) is 4.35. The van der Waals surface area contributed by atoms with Gasteiger partial charge < -0.3 is 10.6 Å². The van der Waals surface area contributed by atoms with E-state index < -0.39 is 23.5 Å². The van der Waals surface area contributed by atoms with Gasteiger partial charge in [-0.2, -0.15) is 0 Å². The van der Waals surface area contributed by atoms with Crippen molar-refractivity contribution in [2.24, 2.45) is 5.73 Å². The molecule has 3 aromatic carbocycles. The Bertz CT molecular complexity index is 1390. The third-order valence-corrected chi connectivity index (χ3v) is 6.05. The number of nitrogens with two attached hydrogens (primary N) is 1. The quantitative estimate of drug-likeness (QED) is 0.438. The maximum atomic E-state index is 14.0. The molecule has 0 aliphatic carbocycles. The Morgan fingerprint density at radius 3 is 2.43 bits per heavy atom. The fraction of sp³-hybridized carbons (Fsp3) is 0.192. The summed E-state index contributed by atoms with van der Waals surface area (Å²) in [5.74, 6) is -2.30. The number of carbonyl (C=O) groups is 1. The molecular weight excluding hydrogens is 455 g/mol. The summed E-state index contributed by atoms with van der Waals surface area (Å²) in [4.78, 5) is 14.8. The Kier molecular flexibility index (Phi) is 6.08. The van der Waals surface area contributed by atoms with Crippen LogP contribution in [0.2, 0.25) is 0 Å². The van der Waals surface area contributed by atoms with Gasteiger partial charge in [0.2, 0.25) is 5.91 Å². The van der Waals surface area contributed by atoms with Gasteiger partial charge in [0.15, 0.2) is 23.3 Å². The van der Waals surface area contributed by atoms with Crippen molar-refractivity contribution in [3.8, 4) is 17.1 Å². The Labute approximate surface area is 199 Å². The highest BCUT2D eigenvalue weighted by molar-refractivity contribution is 5.77. The lowest BCUT2D eigenvalue weighted by Crippen LogP contribution is -2.36. The van der Waals surface area contributed by atoms with E-state index >= 15 is 0 Å². The highest BCUT2D eigenvalue weighted by Gasteiger charge is 2.27. The predicted molar refractivity (Wildman–Crippen MR) is 124 cm³/mol. The van der Waals surface area contributed by atoms with E-state index in [2.05, 4.69) is 10.2 Å². The van der Waals surface area contributed by atoms with Gasteiger partial charge in [-0.15, -0.1) is 10.2 Å². The maximum Gasteiger partial charge on any atom is 0.224 e. The number of rotatable bonds is 5. The number of fused-ring (bicyclic) bond motifs is 3. The Balaban J connectivity index is 1.40. The molecule has 2 heterocycles. The molecular formula is C26H22F3N5O. The summed E-state index contributed by atoms with van der Waals surface area (Å²) in [6.07, 6.45) is -0.201. The molecule has 0 bridgehead atoms. The van der Waals surface area contributed by atoms with Crippen LogP contribution in [0.5, 0.6) is 0 Å². The Morgan fingerprint density at radius 2 is 1.63 bits per heavy atom.